The molecular weight excluding hydrogens is 150 g/mol. The highest BCUT2D eigenvalue weighted by atomic mass is 15.2. The van der Waals surface area contributed by atoms with Gasteiger partial charge in [0.25, 0.3) is 0 Å². The van der Waals surface area contributed by atoms with Gasteiger partial charge in [-0.15, -0.1) is 0 Å². The number of hydrogen-bond donors (Lipinski definition) is 2. The molecule has 12 heavy (non-hydrogen) atoms. The highest BCUT2D eigenvalue weighted by Gasteiger charge is 2.04. The molecule has 0 saturated heterocycles. The lowest BCUT2D eigenvalue weighted by Crippen LogP contribution is -2.01. The van der Waals surface area contributed by atoms with Gasteiger partial charge in [-0.2, -0.15) is 5.10 Å². The van der Waals surface area contributed by atoms with Crippen LogP contribution in [0.2, 0.25) is 0 Å². The van der Waals surface area contributed by atoms with Crippen LogP contribution in [0.1, 0.15) is 31.5 Å². The first-order chi connectivity index (χ1) is 5.79. The van der Waals surface area contributed by atoms with Crippen LogP contribution < -0.4 is 5.32 Å². The van der Waals surface area contributed by atoms with E-state index in [0.29, 0.717) is 0 Å². The van der Waals surface area contributed by atoms with E-state index in [4.69, 9.17) is 0 Å². The summed E-state index contributed by atoms with van der Waals surface area (Å²) in [4.78, 5) is 0. The fourth-order valence-corrected chi connectivity index (χ4v) is 1.19. The average molecular weight is 167 g/mol. The van der Waals surface area contributed by atoms with Crippen molar-refractivity contribution in [3.8, 4) is 0 Å². The zero-order valence-electron chi connectivity index (χ0n) is 8.07. The molecule has 1 aromatic heterocycles. The van der Waals surface area contributed by atoms with Gasteiger partial charge in [0.2, 0.25) is 0 Å². The van der Waals surface area contributed by atoms with Crippen LogP contribution in [0.15, 0.2) is 0 Å². The second-order valence-electron chi connectivity index (χ2n) is 2.96. The van der Waals surface area contributed by atoms with Crippen molar-refractivity contribution in [1.29, 1.82) is 0 Å². The summed E-state index contributed by atoms with van der Waals surface area (Å²) in [6.45, 7) is 7.37. The van der Waals surface area contributed by atoms with E-state index in [9.17, 15) is 0 Å². The van der Waals surface area contributed by atoms with Crippen molar-refractivity contribution in [3.63, 3.8) is 0 Å². The zero-order valence-corrected chi connectivity index (χ0v) is 8.07. The summed E-state index contributed by atoms with van der Waals surface area (Å²) in [5.74, 6) is 1.01. The van der Waals surface area contributed by atoms with Gasteiger partial charge in [0, 0.05) is 17.8 Å². The minimum Gasteiger partial charge on any atom is -0.368 e. The van der Waals surface area contributed by atoms with Crippen molar-refractivity contribution < 1.29 is 0 Å². The molecule has 2 N–H and O–H groups in total. The second-order valence-corrected chi connectivity index (χ2v) is 2.96. The van der Waals surface area contributed by atoms with E-state index in [1.807, 2.05) is 0 Å². The molecule has 3 heteroatoms. The molecule has 0 aliphatic heterocycles. The van der Waals surface area contributed by atoms with Gasteiger partial charge in [-0.25, -0.2) is 0 Å². The molecule has 0 spiro atoms. The topological polar surface area (TPSA) is 40.7 Å². The maximum atomic E-state index is 4.19. The highest BCUT2D eigenvalue weighted by molar-refractivity contribution is 5.45. The number of aromatic nitrogens is 2. The molecule has 1 aromatic rings. The van der Waals surface area contributed by atoms with Crippen molar-refractivity contribution >= 4 is 5.82 Å². The molecule has 0 amide bonds. The van der Waals surface area contributed by atoms with Gasteiger partial charge in [0.05, 0.1) is 0 Å². The largest absolute Gasteiger partial charge is 0.368 e. The number of aromatic amines is 1. The van der Waals surface area contributed by atoms with Crippen molar-refractivity contribution in [1.82, 2.24) is 10.2 Å². The van der Waals surface area contributed by atoms with E-state index in [1.54, 1.807) is 0 Å². The van der Waals surface area contributed by atoms with Crippen molar-refractivity contribution in [2.45, 2.75) is 33.6 Å². The Balaban J connectivity index is 2.66. The average Bonchev–Trinajstić information content (AvgIpc) is 2.43. The van der Waals surface area contributed by atoms with Crippen LogP contribution in [0, 0.1) is 6.92 Å². The van der Waals surface area contributed by atoms with Gasteiger partial charge < -0.3 is 5.32 Å². The van der Waals surface area contributed by atoms with Gasteiger partial charge in [-0.05, 0) is 19.8 Å². The van der Waals surface area contributed by atoms with Crippen LogP contribution in [0.5, 0.6) is 0 Å². The van der Waals surface area contributed by atoms with E-state index in [1.165, 1.54) is 11.3 Å². The molecular formula is C9H17N3. The van der Waals surface area contributed by atoms with Crippen LogP contribution in [-0.4, -0.2) is 16.7 Å². The molecule has 0 bridgehead atoms. The maximum Gasteiger partial charge on any atom is 0.150 e. The molecule has 0 fully saturated rings. The predicted molar refractivity (Wildman–Crippen MR) is 51.5 cm³/mol. The Morgan fingerprint density at radius 1 is 1.42 bits per heavy atom. The first kappa shape index (κ1) is 9.10. The third-order valence-corrected chi connectivity index (χ3v) is 2.01. The van der Waals surface area contributed by atoms with Gasteiger partial charge in [0.15, 0.2) is 5.82 Å². The third-order valence-electron chi connectivity index (χ3n) is 2.01. The monoisotopic (exact) mass is 167 g/mol. The van der Waals surface area contributed by atoms with Crippen LogP contribution in [0.25, 0.3) is 0 Å². The summed E-state index contributed by atoms with van der Waals surface area (Å²) < 4.78 is 0. The molecule has 0 saturated carbocycles. The molecule has 0 aliphatic carbocycles. The fraction of sp³-hybridized carbons (Fsp3) is 0.667. The smallest absolute Gasteiger partial charge is 0.150 e. The lowest BCUT2D eigenvalue weighted by Gasteiger charge is -2.00. The minimum atomic E-state index is 0.995. The Morgan fingerprint density at radius 3 is 2.67 bits per heavy atom. The molecule has 1 rings (SSSR count). The zero-order chi connectivity index (χ0) is 8.97. The molecule has 0 aromatic carbocycles. The van der Waals surface area contributed by atoms with Crippen LogP contribution in [0.3, 0.4) is 0 Å². The summed E-state index contributed by atoms with van der Waals surface area (Å²) in [6, 6.07) is 0. The molecule has 3 nitrogen and oxygen atoms in total. The maximum absolute atomic E-state index is 4.19. The number of hydrogen-bond acceptors (Lipinski definition) is 2. The number of aryl methyl sites for hydroxylation is 1. The molecule has 1 heterocycles. The number of rotatable bonds is 4. The Bertz CT molecular complexity index is 240. The first-order valence-electron chi connectivity index (χ1n) is 4.57. The Hall–Kier alpha value is -0.990. The lowest BCUT2D eigenvalue weighted by molar-refractivity contribution is 0.946. The number of H-pyrrole nitrogens is 1. The second kappa shape index (κ2) is 4.14. The first-order valence-corrected chi connectivity index (χ1v) is 4.57. The normalized spacial score (nSPS) is 10.2. The van der Waals surface area contributed by atoms with Crippen molar-refractivity contribution in [2.75, 3.05) is 11.9 Å². The van der Waals surface area contributed by atoms with Crippen LogP contribution in [-0.2, 0) is 6.42 Å². The number of nitrogens with zero attached hydrogens (tertiary/aromatic N) is 1. The third kappa shape index (κ3) is 1.78. The van der Waals surface area contributed by atoms with Gasteiger partial charge >= 0.3 is 0 Å². The van der Waals surface area contributed by atoms with E-state index < -0.39 is 0 Å². The molecule has 0 aliphatic rings. The summed E-state index contributed by atoms with van der Waals surface area (Å²) in [7, 11) is 0. The van der Waals surface area contributed by atoms with E-state index in [0.717, 1.165) is 25.2 Å². The van der Waals surface area contributed by atoms with Gasteiger partial charge in [0.1, 0.15) is 0 Å². The summed E-state index contributed by atoms with van der Waals surface area (Å²) in [5, 5.41) is 10.5. The summed E-state index contributed by atoms with van der Waals surface area (Å²) >= 11 is 0. The number of nitrogens with one attached hydrogen (secondary N) is 2. The number of anilines is 1. The van der Waals surface area contributed by atoms with E-state index in [2.05, 4.69) is 36.3 Å². The highest BCUT2D eigenvalue weighted by Crippen LogP contribution is 2.14. The lowest BCUT2D eigenvalue weighted by atomic mass is 10.2. The van der Waals surface area contributed by atoms with Crippen LogP contribution in [0.4, 0.5) is 5.82 Å². The molecule has 68 valence electrons. The quantitative estimate of drug-likeness (QED) is 0.721. The molecule has 0 radical (unpaired) electrons. The van der Waals surface area contributed by atoms with Crippen molar-refractivity contribution in [3.05, 3.63) is 11.3 Å². The van der Waals surface area contributed by atoms with Crippen LogP contribution >= 0.6 is 0 Å². The Kier molecular flexibility index (Phi) is 3.14. The predicted octanol–water partition coefficient (Wildman–Crippen LogP) is 2.10. The SMILES string of the molecule is CCCNc1n[nH]c(CC)c1C. The van der Waals surface area contributed by atoms with E-state index in [-0.39, 0.29) is 0 Å². The molecule has 0 atom stereocenters. The summed E-state index contributed by atoms with van der Waals surface area (Å²) in [6.07, 6.45) is 2.15. The van der Waals surface area contributed by atoms with Gasteiger partial charge in [-0.3, -0.25) is 5.10 Å². The van der Waals surface area contributed by atoms with Crippen molar-refractivity contribution in [2.24, 2.45) is 0 Å². The Labute approximate surface area is 73.6 Å². The Morgan fingerprint density at radius 2 is 2.17 bits per heavy atom. The summed E-state index contributed by atoms with van der Waals surface area (Å²) in [5.41, 5.74) is 2.49. The molecule has 0 unspecified atom stereocenters. The standard InChI is InChI=1S/C9H17N3/c1-4-6-10-9-7(3)8(5-2)11-12-9/h4-6H2,1-3H3,(H2,10,11,12). The fourth-order valence-electron chi connectivity index (χ4n) is 1.19. The minimum absolute atomic E-state index is 0.995. The van der Waals surface area contributed by atoms with E-state index >= 15 is 0 Å². The van der Waals surface area contributed by atoms with Gasteiger partial charge in [-0.1, -0.05) is 13.8 Å².